The maximum Gasteiger partial charge on any atom is 0.139 e. The van der Waals surface area contributed by atoms with E-state index in [1.807, 2.05) is 0 Å². The number of ether oxygens (including phenoxy) is 2. The van der Waals surface area contributed by atoms with Crippen LogP contribution in [-0.4, -0.2) is 44.4 Å². The fourth-order valence-electron chi connectivity index (χ4n) is 1.74. The lowest BCUT2D eigenvalue weighted by atomic mass is 10.3. The number of benzene rings is 1. The Morgan fingerprint density at radius 3 is 3.06 bits per heavy atom. The Balaban J connectivity index is 1.90. The fraction of sp³-hybridized carbons (Fsp3) is 0.500. The summed E-state index contributed by atoms with van der Waals surface area (Å²) in [7, 11) is 2.07. The molecule has 17 heavy (non-hydrogen) atoms. The average Bonchev–Trinajstić information content (AvgIpc) is 2.30. The Morgan fingerprint density at radius 1 is 1.47 bits per heavy atom. The number of nitrogens with zero attached hydrogens (tertiary/aromatic N) is 1. The van der Waals surface area contributed by atoms with E-state index in [2.05, 4.69) is 11.9 Å². The van der Waals surface area contributed by atoms with E-state index in [0.29, 0.717) is 22.4 Å². The van der Waals surface area contributed by atoms with Gasteiger partial charge in [-0.3, -0.25) is 0 Å². The molecule has 0 aromatic heterocycles. The van der Waals surface area contributed by atoms with Crippen LogP contribution in [0.5, 0.6) is 5.75 Å². The third kappa shape index (κ3) is 3.75. The van der Waals surface area contributed by atoms with Gasteiger partial charge in [-0.25, -0.2) is 0 Å². The Kier molecular flexibility index (Phi) is 4.51. The maximum absolute atomic E-state index is 6.01. The Bertz CT molecular complexity index is 387. The first kappa shape index (κ1) is 13.0. The molecular weight excluding hydrogens is 261 g/mol. The SMILES string of the molecule is CN1CCOC(COc2cc(Cl)ccc2Cl)C1. The monoisotopic (exact) mass is 275 g/mol. The van der Waals surface area contributed by atoms with Gasteiger partial charge in [0.05, 0.1) is 11.6 Å². The quantitative estimate of drug-likeness (QED) is 0.847. The lowest BCUT2D eigenvalue weighted by Gasteiger charge is -2.29. The highest BCUT2D eigenvalue weighted by Crippen LogP contribution is 2.27. The van der Waals surface area contributed by atoms with Crippen molar-refractivity contribution in [3.63, 3.8) is 0 Å². The number of likely N-dealkylation sites (N-methyl/N-ethyl adjacent to an activating group) is 1. The second kappa shape index (κ2) is 5.91. The van der Waals surface area contributed by atoms with Crippen LogP contribution in [0.15, 0.2) is 18.2 Å². The van der Waals surface area contributed by atoms with Gasteiger partial charge in [-0.15, -0.1) is 0 Å². The molecule has 1 aliphatic heterocycles. The van der Waals surface area contributed by atoms with Crippen LogP contribution in [0, 0.1) is 0 Å². The van der Waals surface area contributed by atoms with Gasteiger partial charge in [0.2, 0.25) is 0 Å². The van der Waals surface area contributed by atoms with Gasteiger partial charge in [-0.05, 0) is 19.2 Å². The van der Waals surface area contributed by atoms with Gasteiger partial charge in [0, 0.05) is 24.2 Å². The van der Waals surface area contributed by atoms with E-state index in [4.69, 9.17) is 32.7 Å². The van der Waals surface area contributed by atoms with Gasteiger partial charge in [0.15, 0.2) is 0 Å². The number of hydrogen-bond donors (Lipinski definition) is 0. The van der Waals surface area contributed by atoms with E-state index in [9.17, 15) is 0 Å². The summed E-state index contributed by atoms with van der Waals surface area (Å²) in [4.78, 5) is 2.22. The fourth-order valence-corrected chi connectivity index (χ4v) is 2.07. The summed E-state index contributed by atoms with van der Waals surface area (Å²) in [5.74, 6) is 0.607. The van der Waals surface area contributed by atoms with Crippen LogP contribution in [0.1, 0.15) is 0 Å². The molecule has 1 saturated heterocycles. The van der Waals surface area contributed by atoms with Crippen molar-refractivity contribution < 1.29 is 9.47 Å². The van der Waals surface area contributed by atoms with E-state index in [1.54, 1.807) is 18.2 Å². The van der Waals surface area contributed by atoms with E-state index in [-0.39, 0.29) is 6.10 Å². The van der Waals surface area contributed by atoms with Crippen molar-refractivity contribution in [3.8, 4) is 5.75 Å². The number of halogens is 2. The smallest absolute Gasteiger partial charge is 0.139 e. The molecule has 0 N–H and O–H groups in total. The minimum atomic E-state index is 0.0869. The summed E-state index contributed by atoms with van der Waals surface area (Å²) >= 11 is 11.9. The van der Waals surface area contributed by atoms with E-state index in [0.717, 1.165) is 19.7 Å². The lowest BCUT2D eigenvalue weighted by Crippen LogP contribution is -2.42. The molecule has 1 fully saturated rings. The first-order valence-electron chi connectivity index (χ1n) is 5.53. The highest BCUT2D eigenvalue weighted by molar-refractivity contribution is 6.34. The number of morpholine rings is 1. The Morgan fingerprint density at radius 2 is 2.29 bits per heavy atom. The zero-order chi connectivity index (χ0) is 12.3. The van der Waals surface area contributed by atoms with Crippen molar-refractivity contribution in [1.29, 1.82) is 0 Å². The van der Waals surface area contributed by atoms with Crippen LogP contribution in [0.3, 0.4) is 0 Å². The first-order chi connectivity index (χ1) is 8.15. The van der Waals surface area contributed by atoms with Crippen LogP contribution in [0.25, 0.3) is 0 Å². The molecule has 0 bridgehead atoms. The molecule has 5 heteroatoms. The van der Waals surface area contributed by atoms with Crippen LogP contribution in [0.4, 0.5) is 0 Å². The second-order valence-electron chi connectivity index (χ2n) is 4.14. The topological polar surface area (TPSA) is 21.7 Å². The van der Waals surface area contributed by atoms with E-state index < -0.39 is 0 Å². The van der Waals surface area contributed by atoms with Gasteiger partial charge in [0.25, 0.3) is 0 Å². The number of rotatable bonds is 3. The molecule has 0 radical (unpaired) electrons. The molecule has 1 heterocycles. The normalized spacial score (nSPS) is 21.5. The molecule has 2 rings (SSSR count). The average molecular weight is 276 g/mol. The summed E-state index contributed by atoms with van der Waals surface area (Å²) in [6.07, 6.45) is 0.0869. The first-order valence-corrected chi connectivity index (χ1v) is 6.29. The molecule has 0 amide bonds. The predicted octanol–water partition coefficient (Wildman–Crippen LogP) is 2.70. The predicted molar refractivity (Wildman–Crippen MR) is 69.2 cm³/mol. The van der Waals surface area contributed by atoms with Crippen molar-refractivity contribution in [2.75, 3.05) is 33.4 Å². The van der Waals surface area contributed by atoms with Crippen LogP contribution < -0.4 is 4.74 Å². The standard InChI is InChI=1S/C12H15Cl2NO2/c1-15-4-5-16-10(7-15)8-17-12-6-9(13)2-3-11(12)14/h2-3,6,10H,4-5,7-8H2,1H3. The van der Waals surface area contributed by atoms with Crippen molar-refractivity contribution >= 4 is 23.2 Å². The van der Waals surface area contributed by atoms with Crippen LogP contribution >= 0.6 is 23.2 Å². The van der Waals surface area contributed by atoms with Crippen molar-refractivity contribution in [3.05, 3.63) is 28.2 Å². The van der Waals surface area contributed by atoms with Gasteiger partial charge < -0.3 is 14.4 Å². The second-order valence-corrected chi connectivity index (χ2v) is 4.98. The lowest BCUT2D eigenvalue weighted by molar-refractivity contribution is -0.0403. The zero-order valence-electron chi connectivity index (χ0n) is 9.66. The molecular formula is C12H15Cl2NO2. The minimum absolute atomic E-state index is 0.0869. The molecule has 0 spiro atoms. The van der Waals surface area contributed by atoms with Crippen LogP contribution in [-0.2, 0) is 4.74 Å². The van der Waals surface area contributed by atoms with Crippen molar-refractivity contribution in [1.82, 2.24) is 4.90 Å². The van der Waals surface area contributed by atoms with Gasteiger partial charge in [-0.2, -0.15) is 0 Å². The summed E-state index contributed by atoms with van der Waals surface area (Å²) in [5.41, 5.74) is 0. The molecule has 3 nitrogen and oxygen atoms in total. The summed E-state index contributed by atoms with van der Waals surface area (Å²) in [6, 6.07) is 5.19. The molecule has 1 aromatic rings. The molecule has 94 valence electrons. The van der Waals surface area contributed by atoms with Crippen LogP contribution in [0.2, 0.25) is 10.0 Å². The maximum atomic E-state index is 6.01. The highest BCUT2D eigenvalue weighted by Gasteiger charge is 2.18. The van der Waals surface area contributed by atoms with Gasteiger partial charge in [-0.1, -0.05) is 23.2 Å². The summed E-state index contributed by atoms with van der Waals surface area (Å²) in [6.45, 7) is 3.07. The molecule has 1 unspecified atom stereocenters. The largest absolute Gasteiger partial charge is 0.489 e. The summed E-state index contributed by atoms with van der Waals surface area (Å²) < 4.78 is 11.2. The van der Waals surface area contributed by atoms with Gasteiger partial charge in [0.1, 0.15) is 18.5 Å². The van der Waals surface area contributed by atoms with Crippen molar-refractivity contribution in [2.24, 2.45) is 0 Å². The molecule has 1 aliphatic rings. The minimum Gasteiger partial charge on any atom is -0.489 e. The zero-order valence-corrected chi connectivity index (χ0v) is 11.2. The Hall–Kier alpha value is -0.480. The molecule has 0 saturated carbocycles. The Labute approximate surface area is 111 Å². The van der Waals surface area contributed by atoms with Gasteiger partial charge >= 0.3 is 0 Å². The van der Waals surface area contributed by atoms with E-state index in [1.165, 1.54) is 0 Å². The number of hydrogen-bond acceptors (Lipinski definition) is 3. The van der Waals surface area contributed by atoms with E-state index >= 15 is 0 Å². The third-order valence-electron chi connectivity index (χ3n) is 2.66. The summed E-state index contributed by atoms with van der Waals surface area (Å²) in [5, 5.41) is 1.18. The molecule has 1 aromatic carbocycles. The van der Waals surface area contributed by atoms with Crippen molar-refractivity contribution in [2.45, 2.75) is 6.10 Å². The molecule has 0 aliphatic carbocycles. The third-order valence-corrected chi connectivity index (χ3v) is 3.21. The molecule has 1 atom stereocenters. The highest BCUT2D eigenvalue weighted by atomic mass is 35.5.